The molecule has 0 aliphatic carbocycles. The van der Waals surface area contributed by atoms with Crippen LogP contribution < -0.4 is 0 Å². The monoisotopic (exact) mass is 621 g/mol. The molecule has 0 spiro atoms. The topological polar surface area (TPSA) is 187 Å². The maximum atomic E-state index is 6.99. The highest BCUT2D eigenvalue weighted by molar-refractivity contribution is 5.39. The standard InChI is InChI=1S/2C16H36N.2CHN2.3H2O/c2*1-5-9-13-17(14-10-6-2,15-11-7-3)16-12-8-4;2*2-1-3;;;/h2*5-16H2,1-4H3;2*2H;3*1H2/q2*+1;2*-1;;;. The molecule has 0 radical (unpaired) electrons. The van der Waals surface area contributed by atoms with Crippen molar-refractivity contribution in [1.82, 2.24) is 0 Å². The minimum absolute atomic E-state index is 0. The van der Waals surface area contributed by atoms with E-state index in [4.69, 9.17) is 21.6 Å². The van der Waals surface area contributed by atoms with Gasteiger partial charge in [-0.25, -0.2) is 0 Å². The normalized spacial score (nSPS) is 9.86. The number of nitrogens with one attached hydrogen (secondary N) is 2. The molecule has 9 nitrogen and oxygen atoms in total. The Labute approximate surface area is 269 Å². The van der Waals surface area contributed by atoms with E-state index in [0.717, 1.165) is 12.0 Å². The Bertz CT molecular complexity index is 429. The highest BCUT2D eigenvalue weighted by atomic mass is 16.0. The van der Waals surface area contributed by atoms with Gasteiger partial charge in [0, 0.05) is 0 Å². The summed E-state index contributed by atoms with van der Waals surface area (Å²) in [6.45, 7) is 30.0. The SMILES string of the molecule is CCCC[N+](CCCC)(CCCC)CCCC.CCCC[N+](CCCC)(CCCC)CCCC.O.O.O.[N-]=C=N.[N-]=C=N. The lowest BCUT2D eigenvalue weighted by atomic mass is 10.1. The summed E-state index contributed by atoms with van der Waals surface area (Å²) in [6.07, 6.45) is 22.1. The Morgan fingerprint density at radius 2 is 0.442 bits per heavy atom. The molecule has 0 rings (SSSR count). The van der Waals surface area contributed by atoms with E-state index in [0.29, 0.717) is 0 Å². The summed E-state index contributed by atoms with van der Waals surface area (Å²) in [5.41, 5.74) is 0. The molecule has 0 fully saturated rings. The summed E-state index contributed by atoms with van der Waals surface area (Å²) in [5, 5.41) is 25.0. The molecule has 264 valence electrons. The van der Waals surface area contributed by atoms with E-state index in [1.165, 1.54) is 164 Å². The van der Waals surface area contributed by atoms with E-state index in [-0.39, 0.29) is 16.4 Å². The Kier molecular flexibility index (Phi) is 63.2. The lowest BCUT2D eigenvalue weighted by Gasteiger charge is -2.39. The fraction of sp³-hybridized carbons (Fsp3) is 0.941. The lowest BCUT2D eigenvalue weighted by molar-refractivity contribution is -0.929. The molecule has 0 aromatic carbocycles. The number of rotatable bonds is 24. The molecular formula is C34H80N6O3. The number of hydrogen-bond acceptors (Lipinski definition) is 2. The van der Waals surface area contributed by atoms with Crippen LogP contribution >= 0.6 is 0 Å². The van der Waals surface area contributed by atoms with E-state index in [9.17, 15) is 0 Å². The molecule has 43 heavy (non-hydrogen) atoms. The van der Waals surface area contributed by atoms with Gasteiger partial charge in [0.05, 0.1) is 52.4 Å². The van der Waals surface area contributed by atoms with E-state index < -0.39 is 0 Å². The van der Waals surface area contributed by atoms with Gasteiger partial charge in [-0.3, -0.25) is 0 Å². The van der Waals surface area contributed by atoms with Gasteiger partial charge in [0.15, 0.2) is 0 Å². The molecule has 0 saturated heterocycles. The van der Waals surface area contributed by atoms with E-state index >= 15 is 0 Å². The van der Waals surface area contributed by atoms with Crippen molar-refractivity contribution in [3.05, 3.63) is 10.8 Å². The van der Waals surface area contributed by atoms with Gasteiger partial charge in [0.2, 0.25) is 0 Å². The predicted molar refractivity (Wildman–Crippen MR) is 192 cm³/mol. The lowest BCUT2D eigenvalue weighted by Crippen LogP contribution is -2.50. The van der Waals surface area contributed by atoms with Crippen LogP contribution in [0.1, 0.15) is 158 Å². The zero-order chi connectivity index (χ0) is 31.4. The molecule has 0 aliphatic rings. The van der Waals surface area contributed by atoms with Crippen molar-refractivity contribution < 1.29 is 25.4 Å². The van der Waals surface area contributed by atoms with Crippen LogP contribution in [-0.2, 0) is 0 Å². The summed E-state index contributed by atoms with van der Waals surface area (Å²) in [4.78, 5) is 0. The van der Waals surface area contributed by atoms with E-state index in [2.05, 4.69) is 55.4 Å². The maximum absolute atomic E-state index is 6.99. The highest BCUT2D eigenvalue weighted by Crippen LogP contribution is 2.17. The first-order valence-corrected chi connectivity index (χ1v) is 17.1. The maximum Gasteiger partial charge on any atom is 0.0786 e. The Balaban J connectivity index is -0.0000000958. The fourth-order valence-electron chi connectivity index (χ4n) is 5.29. The first kappa shape index (κ1) is 57.2. The van der Waals surface area contributed by atoms with Crippen LogP contribution in [0.25, 0.3) is 10.8 Å². The van der Waals surface area contributed by atoms with Gasteiger partial charge in [0.1, 0.15) is 0 Å². The second-order valence-electron chi connectivity index (χ2n) is 11.5. The summed E-state index contributed by atoms with van der Waals surface area (Å²) < 4.78 is 2.84. The average Bonchev–Trinajstić information content (AvgIpc) is 2.97. The van der Waals surface area contributed by atoms with Crippen molar-refractivity contribution >= 4 is 12.0 Å². The van der Waals surface area contributed by atoms with Crippen LogP contribution in [0.2, 0.25) is 0 Å². The number of unbranched alkanes of at least 4 members (excludes halogenated alkanes) is 8. The van der Waals surface area contributed by atoms with Crippen LogP contribution in [0.5, 0.6) is 0 Å². The number of nitrogens with zero attached hydrogens (tertiary/aromatic N) is 4. The predicted octanol–water partition coefficient (Wildman–Crippen LogP) is 8.15. The third kappa shape index (κ3) is 40.6. The first-order chi connectivity index (χ1) is 19.3. The summed E-state index contributed by atoms with van der Waals surface area (Å²) in [6, 6.07) is 2.00. The molecule has 0 atom stereocenters. The van der Waals surface area contributed by atoms with Crippen molar-refractivity contribution in [2.45, 2.75) is 158 Å². The van der Waals surface area contributed by atoms with Gasteiger partial charge in [0.25, 0.3) is 0 Å². The largest absolute Gasteiger partial charge is 0.447 e. The first-order valence-electron chi connectivity index (χ1n) is 17.1. The van der Waals surface area contributed by atoms with Gasteiger partial charge in [-0.05, 0) is 51.4 Å². The van der Waals surface area contributed by atoms with Gasteiger partial charge in [-0.15, -0.1) is 0 Å². The third-order valence-electron chi connectivity index (χ3n) is 7.89. The number of hydrogen-bond donors (Lipinski definition) is 2. The minimum Gasteiger partial charge on any atom is -0.447 e. The molecule has 0 heterocycles. The molecular weight excluding hydrogens is 540 g/mol. The molecule has 0 aromatic heterocycles. The quantitative estimate of drug-likeness (QED) is 0.0779. The zero-order valence-electron chi connectivity index (χ0n) is 30.3. The smallest absolute Gasteiger partial charge is 0.0786 e. The number of quaternary nitrogens is 2. The van der Waals surface area contributed by atoms with Crippen molar-refractivity contribution in [2.24, 2.45) is 0 Å². The van der Waals surface area contributed by atoms with Crippen molar-refractivity contribution in [3.8, 4) is 0 Å². The van der Waals surface area contributed by atoms with Gasteiger partial charge in [-0.1, -0.05) is 107 Å². The highest BCUT2D eigenvalue weighted by Gasteiger charge is 2.25. The molecule has 0 saturated carbocycles. The minimum atomic E-state index is 0. The van der Waals surface area contributed by atoms with Crippen molar-refractivity contribution in [2.75, 3.05) is 52.4 Å². The van der Waals surface area contributed by atoms with Gasteiger partial charge >= 0.3 is 0 Å². The Morgan fingerprint density at radius 3 is 0.512 bits per heavy atom. The molecule has 0 bridgehead atoms. The van der Waals surface area contributed by atoms with Gasteiger partial charge < -0.3 is 47.0 Å². The molecule has 0 amide bonds. The summed E-state index contributed by atoms with van der Waals surface area (Å²) >= 11 is 0. The van der Waals surface area contributed by atoms with E-state index in [1.807, 2.05) is 0 Å². The second kappa shape index (κ2) is 47.5. The summed E-state index contributed by atoms with van der Waals surface area (Å²) in [5.74, 6) is 0. The Morgan fingerprint density at radius 1 is 0.349 bits per heavy atom. The molecule has 0 aromatic rings. The van der Waals surface area contributed by atoms with E-state index in [1.54, 1.807) is 0 Å². The van der Waals surface area contributed by atoms with Crippen molar-refractivity contribution in [3.63, 3.8) is 0 Å². The molecule has 9 heteroatoms. The van der Waals surface area contributed by atoms with Crippen LogP contribution in [0.3, 0.4) is 0 Å². The molecule has 0 aliphatic heterocycles. The Hall–Kier alpha value is -1.44. The zero-order valence-corrected chi connectivity index (χ0v) is 30.3. The van der Waals surface area contributed by atoms with Crippen LogP contribution in [0.15, 0.2) is 0 Å². The van der Waals surface area contributed by atoms with Gasteiger partial charge in [-0.2, -0.15) is 12.0 Å². The van der Waals surface area contributed by atoms with Crippen LogP contribution in [0, 0.1) is 10.8 Å². The third-order valence-corrected chi connectivity index (χ3v) is 7.89. The summed E-state index contributed by atoms with van der Waals surface area (Å²) in [7, 11) is 0. The fourth-order valence-corrected chi connectivity index (χ4v) is 5.29. The molecule has 0 unspecified atom stereocenters. The van der Waals surface area contributed by atoms with Crippen LogP contribution in [-0.4, -0.2) is 89.8 Å². The van der Waals surface area contributed by atoms with Crippen LogP contribution in [0.4, 0.5) is 0 Å². The molecule has 8 N–H and O–H groups in total. The van der Waals surface area contributed by atoms with Crippen molar-refractivity contribution in [1.29, 1.82) is 10.8 Å². The average molecular weight is 621 g/mol. The second-order valence-corrected chi connectivity index (χ2v) is 11.5.